The van der Waals surface area contributed by atoms with E-state index in [2.05, 4.69) is 6.92 Å². The van der Waals surface area contributed by atoms with Crippen LogP contribution in [0.2, 0.25) is 0 Å². The molecule has 1 N–H and O–H groups in total. The predicted molar refractivity (Wildman–Crippen MR) is 125 cm³/mol. The summed E-state index contributed by atoms with van der Waals surface area (Å²) in [5, 5.41) is 9.42. The SMILES string of the molecule is CCCc1ccc2c(c1OCCCCCOC(Cc1ccccc1)C(=O)O)CCCC2=O. The lowest BCUT2D eigenvalue weighted by Crippen LogP contribution is -2.26. The monoisotopic (exact) mass is 438 g/mol. The van der Waals surface area contributed by atoms with Crippen LogP contribution in [0.25, 0.3) is 0 Å². The molecule has 0 saturated carbocycles. The lowest BCUT2D eigenvalue weighted by molar-refractivity contribution is -0.150. The molecule has 1 atom stereocenters. The number of aryl methyl sites for hydroxylation is 1. The molecule has 0 fully saturated rings. The third-order valence-electron chi connectivity index (χ3n) is 5.89. The first-order chi connectivity index (χ1) is 15.6. The maximum atomic E-state index is 12.3. The molecule has 1 aliphatic rings. The van der Waals surface area contributed by atoms with Crippen molar-refractivity contribution in [3.05, 3.63) is 64.7 Å². The second-order valence-electron chi connectivity index (χ2n) is 8.40. The van der Waals surface area contributed by atoms with E-state index in [0.717, 1.165) is 67.4 Å². The van der Waals surface area contributed by atoms with Crippen LogP contribution in [0.15, 0.2) is 42.5 Å². The fraction of sp³-hybridized carbons (Fsp3) is 0.481. The number of ether oxygens (including phenoxy) is 2. The highest BCUT2D eigenvalue weighted by molar-refractivity contribution is 5.99. The molecule has 1 aliphatic carbocycles. The van der Waals surface area contributed by atoms with Gasteiger partial charge in [0, 0.05) is 30.6 Å². The number of carboxylic acid groups (broad SMARTS) is 1. The summed E-state index contributed by atoms with van der Waals surface area (Å²) in [4.78, 5) is 23.7. The first-order valence-electron chi connectivity index (χ1n) is 11.8. The summed E-state index contributed by atoms with van der Waals surface area (Å²) in [5.41, 5.74) is 4.06. The summed E-state index contributed by atoms with van der Waals surface area (Å²) in [6, 6.07) is 13.6. The molecular weight excluding hydrogens is 404 g/mol. The van der Waals surface area contributed by atoms with Crippen LogP contribution in [-0.4, -0.2) is 36.2 Å². The molecule has 1 unspecified atom stereocenters. The Hall–Kier alpha value is -2.66. The molecule has 0 saturated heterocycles. The number of carbonyl (C=O) groups excluding carboxylic acids is 1. The van der Waals surface area contributed by atoms with Gasteiger partial charge < -0.3 is 14.6 Å². The van der Waals surface area contributed by atoms with Crippen LogP contribution in [0.1, 0.15) is 72.5 Å². The fourth-order valence-corrected chi connectivity index (χ4v) is 4.22. The summed E-state index contributed by atoms with van der Waals surface area (Å²) < 4.78 is 11.8. The van der Waals surface area contributed by atoms with Crippen molar-refractivity contribution in [1.82, 2.24) is 0 Å². The number of carboxylic acids is 1. The van der Waals surface area contributed by atoms with Crippen LogP contribution >= 0.6 is 0 Å². The van der Waals surface area contributed by atoms with E-state index in [1.54, 1.807) is 0 Å². The molecule has 0 heterocycles. The summed E-state index contributed by atoms with van der Waals surface area (Å²) in [7, 11) is 0. The highest BCUT2D eigenvalue weighted by Gasteiger charge is 2.23. The van der Waals surface area contributed by atoms with Gasteiger partial charge in [-0.2, -0.15) is 0 Å². The van der Waals surface area contributed by atoms with Crippen LogP contribution in [0.3, 0.4) is 0 Å². The van der Waals surface area contributed by atoms with Gasteiger partial charge in [0.2, 0.25) is 0 Å². The molecule has 0 bridgehead atoms. The Labute approximate surface area is 190 Å². The number of Topliss-reactive ketones (excluding diaryl/α,β-unsaturated/α-hetero) is 1. The van der Waals surface area contributed by atoms with Gasteiger partial charge in [-0.3, -0.25) is 4.79 Å². The third-order valence-corrected chi connectivity index (χ3v) is 5.89. The lowest BCUT2D eigenvalue weighted by Gasteiger charge is -2.21. The highest BCUT2D eigenvalue weighted by Crippen LogP contribution is 2.34. The zero-order chi connectivity index (χ0) is 22.8. The average molecular weight is 439 g/mol. The number of unbranched alkanes of at least 4 members (excludes halogenated alkanes) is 2. The number of hydrogen-bond acceptors (Lipinski definition) is 4. The number of aliphatic carboxylic acids is 1. The molecule has 5 heteroatoms. The number of fused-ring (bicyclic) bond motifs is 1. The molecule has 3 rings (SSSR count). The topological polar surface area (TPSA) is 72.8 Å². The van der Waals surface area contributed by atoms with E-state index in [0.29, 0.717) is 26.1 Å². The van der Waals surface area contributed by atoms with Gasteiger partial charge in [0.25, 0.3) is 0 Å². The van der Waals surface area contributed by atoms with Gasteiger partial charge in [0.05, 0.1) is 6.61 Å². The molecule has 172 valence electrons. The van der Waals surface area contributed by atoms with Gasteiger partial charge in [-0.1, -0.05) is 55.8 Å². The van der Waals surface area contributed by atoms with E-state index in [-0.39, 0.29) is 5.78 Å². The van der Waals surface area contributed by atoms with E-state index >= 15 is 0 Å². The fourth-order valence-electron chi connectivity index (χ4n) is 4.22. The molecule has 2 aromatic carbocycles. The molecule has 2 aromatic rings. The smallest absolute Gasteiger partial charge is 0.333 e. The minimum atomic E-state index is -0.927. The lowest BCUT2D eigenvalue weighted by atomic mass is 9.87. The Bertz CT molecular complexity index is 890. The van der Waals surface area contributed by atoms with Gasteiger partial charge in [0.15, 0.2) is 11.9 Å². The Morgan fingerprint density at radius 2 is 1.81 bits per heavy atom. The zero-order valence-corrected chi connectivity index (χ0v) is 19.0. The van der Waals surface area contributed by atoms with Crippen LogP contribution in [0.5, 0.6) is 5.75 Å². The maximum absolute atomic E-state index is 12.3. The summed E-state index contributed by atoms with van der Waals surface area (Å²) in [6.45, 7) is 3.16. The Morgan fingerprint density at radius 3 is 2.56 bits per heavy atom. The highest BCUT2D eigenvalue weighted by atomic mass is 16.5. The molecule has 0 radical (unpaired) electrons. The third kappa shape index (κ3) is 6.67. The normalized spacial score (nSPS) is 14.1. The summed E-state index contributed by atoms with van der Waals surface area (Å²) in [5.74, 6) is 0.214. The number of carbonyl (C=O) groups is 2. The molecule has 0 amide bonds. The molecule has 5 nitrogen and oxygen atoms in total. The number of benzene rings is 2. The minimum absolute atomic E-state index is 0.222. The molecule has 0 aromatic heterocycles. The van der Waals surface area contributed by atoms with Gasteiger partial charge >= 0.3 is 5.97 Å². The van der Waals surface area contributed by atoms with E-state index in [1.165, 1.54) is 5.56 Å². The molecular formula is C27H34O5. The standard InChI is InChI=1S/C27H34O5/c1-2-10-21-15-16-22-23(13-9-14-24(22)28)26(21)32-18-8-4-7-17-31-25(27(29)30)19-20-11-5-3-6-12-20/h3,5-6,11-12,15-16,25H,2,4,7-10,13-14,17-19H2,1H3,(H,29,30). The van der Waals surface area contributed by atoms with Crippen molar-refractivity contribution >= 4 is 11.8 Å². The maximum Gasteiger partial charge on any atom is 0.333 e. The Balaban J connectivity index is 1.44. The van der Waals surface area contributed by atoms with Crippen LogP contribution in [-0.2, 0) is 28.8 Å². The van der Waals surface area contributed by atoms with E-state index in [9.17, 15) is 14.7 Å². The minimum Gasteiger partial charge on any atom is -0.493 e. The quantitative estimate of drug-likeness (QED) is 0.423. The van der Waals surface area contributed by atoms with Gasteiger partial charge in [-0.05, 0) is 49.7 Å². The van der Waals surface area contributed by atoms with Crippen LogP contribution in [0.4, 0.5) is 0 Å². The van der Waals surface area contributed by atoms with Gasteiger partial charge in [-0.25, -0.2) is 4.79 Å². The van der Waals surface area contributed by atoms with Crippen LogP contribution < -0.4 is 4.74 Å². The Morgan fingerprint density at radius 1 is 1.03 bits per heavy atom. The average Bonchev–Trinajstić information content (AvgIpc) is 2.79. The predicted octanol–water partition coefficient (Wildman–Crippen LogP) is 5.42. The van der Waals surface area contributed by atoms with Crippen molar-refractivity contribution in [3.8, 4) is 5.75 Å². The van der Waals surface area contributed by atoms with Crippen molar-refractivity contribution in [2.45, 2.75) is 70.8 Å². The second kappa shape index (κ2) is 12.4. The number of hydrogen-bond donors (Lipinski definition) is 1. The number of rotatable bonds is 13. The van der Waals surface area contributed by atoms with Gasteiger partial charge in [-0.15, -0.1) is 0 Å². The largest absolute Gasteiger partial charge is 0.493 e. The Kier molecular flexibility index (Phi) is 9.29. The van der Waals surface area contributed by atoms with Crippen LogP contribution in [0, 0.1) is 0 Å². The van der Waals surface area contributed by atoms with Crippen molar-refractivity contribution in [1.29, 1.82) is 0 Å². The molecule has 32 heavy (non-hydrogen) atoms. The van der Waals surface area contributed by atoms with E-state index in [1.807, 2.05) is 42.5 Å². The zero-order valence-electron chi connectivity index (χ0n) is 19.0. The van der Waals surface area contributed by atoms with E-state index < -0.39 is 12.1 Å². The summed E-state index contributed by atoms with van der Waals surface area (Å²) >= 11 is 0. The second-order valence-corrected chi connectivity index (χ2v) is 8.40. The van der Waals surface area contributed by atoms with Crippen molar-refractivity contribution in [3.63, 3.8) is 0 Å². The van der Waals surface area contributed by atoms with Crippen molar-refractivity contribution in [2.75, 3.05) is 13.2 Å². The van der Waals surface area contributed by atoms with Crippen molar-refractivity contribution in [2.24, 2.45) is 0 Å². The molecule has 0 spiro atoms. The first kappa shape index (κ1) is 24.0. The number of ketones is 1. The van der Waals surface area contributed by atoms with E-state index in [4.69, 9.17) is 9.47 Å². The first-order valence-corrected chi connectivity index (χ1v) is 11.8. The van der Waals surface area contributed by atoms with Crippen molar-refractivity contribution < 1.29 is 24.2 Å². The molecule has 0 aliphatic heterocycles. The van der Waals surface area contributed by atoms with Gasteiger partial charge in [0.1, 0.15) is 5.75 Å². The summed E-state index contributed by atoms with van der Waals surface area (Å²) in [6.07, 6.45) is 6.50.